The van der Waals surface area contributed by atoms with E-state index in [4.69, 9.17) is 18.9 Å². The molecule has 0 bridgehead atoms. The standard InChI is InChI=1S/C19H26O12/c1-27-17(26)8-4-2-3-5-10(8)30-19-16(25)14(23)13(22)11(31-19)7-29-18-15(24)12(21)9(20)6-28-18/h2-5,9,11-16,18-25H,6-7H2,1H3. The minimum atomic E-state index is -1.68. The maximum Gasteiger partial charge on any atom is 0.341 e. The van der Waals surface area contributed by atoms with Gasteiger partial charge in [0.1, 0.15) is 54.0 Å². The van der Waals surface area contributed by atoms with E-state index in [1.54, 1.807) is 12.1 Å². The van der Waals surface area contributed by atoms with E-state index in [9.17, 15) is 35.4 Å². The fourth-order valence-electron chi connectivity index (χ4n) is 3.24. The molecule has 12 nitrogen and oxygen atoms in total. The van der Waals surface area contributed by atoms with Gasteiger partial charge in [0, 0.05) is 0 Å². The van der Waals surface area contributed by atoms with Crippen LogP contribution in [-0.2, 0) is 18.9 Å². The van der Waals surface area contributed by atoms with Crippen LogP contribution in [0.1, 0.15) is 10.4 Å². The highest BCUT2D eigenvalue weighted by molar-refractivity contribution is 5.92. The van der Waals surface area contributed by atoms with Gasteiger partial charge in [0.2, 0.25) is 6.29 Å². The van der Waals surface area contributed by atoms with Crippen molar-refractivity contribution in [2.45, 2.75) is 55.3 Å². The van der Waals surface area contributed by atoms with Crippen LogP contribution in [0.15, 0.2) is 24.3 Å². The Kier molecular flexibility index (Phi) is 7.80. The van der Waals surface area contributed by atoms with Gasteiger partial charge in [-0.15, -0.1) is 0 Å². The molecule has 2 heterocycles. The molecule has 2 fully saturated rings. The number of para-hydroxylation sites is 1. The number of methoxy groups -OCH3 is 1. The maximum atomic E-state index is 11.9. The summed E-state index contributed by atoms with van der Waals surface area (Å²) in [5.41, 5.74) is 0.0560. The lowest BCUT2D eigenvalue weighted by atomic mass is 9.99. The van der Waals surface area contributed by atoms with Crippen molar-refractivity contribution in [1.82, 2.24) is 0 Å². The second-order valence-corrected chi connectivity index (χ2v) is 7.20. The average Bonchev–Trinajstić information content (AvgIpc) is 2.78. The molecule has 3 rings (SSSR count). The average molecular weight is 446 g/mol. The molecular formula is C19H26O12. The van der Waals surface area contributed by atoms with Gasteiger partial charge in [-0.25, -0.2) is 4.79 Å². The Morgan fingerprint density at radius 2 is 1.65 bits per heavy atom. The molecule has 0 aromatic heterocycles. The van der Waals surface area contributed by atoms with Crippen molar-refractivity contribution in [2.24, 2.45) is 0 Å². The number of ether oxygens (including phenoxy) is 5. The molecule has 1 aromatic carbocycles. The molecule has 6 N–H and O–H groups in total. The first-order chi connectivity index (χ1) is 14.7. The number of hydrogen-bond acceptors (Lipinski definition) is 12. The van der Waals surface area contributed by atoms with Crippen LogP contribution in [0, 0.1) is 0 Å². The van der Waals surface area contributed by atoms with Crippen molar-refractivity contribution in [2.75, 3.05) is 20.3 Å². The predicted octanol–water partition coefficient (Wildman–Crippen LogP) is -2.88. The molecule has 1 aromatic rings. The van der Waals surface area contributed by atoms with Crippen LogP contribution in [0.25, 0.3) is 0 Å². The molecule has 0 saturated carbocycles. The maximum absolute atomic E-state index is 11.9. The summed E-state index contributed by atoms with van der Waals surface area (Å²) in [5, 5.41) is 59.8. The molecule has 174 valence electrons. The Morgan fingerprint density at radius 3 is 2.35 bits per heavy atom. The van der Waals surface area contributed by atoms with E-state index in [0.717, 1.165) is 0 Å². The minimum Gasteiger partial charge on any atom is -0.465 e. The van der Waals surface area contributed by atoms with Crippen molar-refractivity contribution in [3.05, 3.63) is 29.8 Å². The van der Waals surface area contributed by atoms with E-state index >= 15 is 0 Å². The summed E-state index contributed by atoms with van der Waals surface area (Å²) < 4.78 is 26.2. The van der Waals surface area contributed by atoms with E-state index in [0.29, 0.717) is 0 Å². The van der Waals surface area contributed by atoms with E-state index in [1.165, 1.54) is 19.2 Å². The zero-order chi connectivity index (χ0) is 22.7. The first-order valence-corrected chi connectivity index (χ1v) is 9.55. The molecule has 0 radical (unpaired) electrons. The number of aliphatic hydroxyl groups excluding tert-OH is 6. The summed E-state index contributed by atoms with van der Waals surface area (Å²) in [4.78, 5) is 11.9. The number of esters is 1. The molecule has 9 unspecified atom stereocenters. The lowest BCUT2D eigenvalue weighted by molar-refractivity contribution is -0.307. The molecule has 0 amide bonds. The molecule has 0 aliphatic carbocycles. The SMILES string of the molecule is COC(=O)c1ccccc1OC1OC(COC2OCC(O)C(O)C2O)C(O)C(O)C1O. The van der Waals surface area contributed by atoms with Gasteiger partial charge in [0.25, 0.3) is 0 Å². The molecular weight excluding hydrogens is 420 g/mol. The summed E-state index contributed by atoms with van der Waals surface area (Å²) in [7, 11) is 1.19. The van der Waals surface area contributed by atoms with Crippen LogP contribution >= 0.6 is 0 Å². The number of hydrogen-bond donors (Lipinski definition) is 6. The highest BCUT2D eigenvalue weighted by Gasteiger charge is 2.46. The Balaban J connectivity index is 1.68. The first-order valence-electron chi connectivity index (χ1n) is 9.55. The van der Waals surface area contributed by atoms with Crippen LogP contribution in [0.2, 0.25) is 0 Å². The van der Waals surface area contributed by atoms with E-state index in [-0.39, 0.29) is 17.9 Å². The molecule has 12 heteroatoms. The summed E-state index contributed by atoms with van der Waals surface area (Å²) in [6, 6.07) is 6.02. The van der Waals surface area contributed by atoms with Crippen LogP contribution in [0.5, 0.6) is 5.75 Å². The fourth-order valence-corrected chi connectivity index (χ4v) is 3.24. The Bertz CT molecular complexity index is 744. The highest BCUT2D eigenvalue weighted by Crippen LogP contribution is 2.28. The van der Waals surface area contributed by atoms with Gasteiger partial charge in [-0.05, 0) is 12.1 Å². The number of carbonyl (C=O) groups excluding carboxylic acids is 1. The summed E-state index contributed by atoms with van der Waals surface area (Å²) in [6.07, 6.45) is -13.3. The lowest BCUT2D eigenvalue weighted by Crippen LogP contribution is -2.61. The Hall–Kier alpha value is -1.87. The fraction of sp³-hybridized carbons (Fsp3) is 0.632. The van der Waals surface area contributed by atoms with Crippen LogP contribution in [0.4, 0.5) is 0 Å². The second kappa shape index (κ2) is 10.2. The smallest absolute Gasteiger partial charge is 0.341 e. The Labute approximate surface area is 177 Å². The van der Waals surface area contributed by atoms with Gasteiger partial charge < -0.3 is 54.3 Å². The van der Waals surface area contributed by atoms with Gasteiger partial charge >= 0.3 is 5.97 Å². The molecule has 0 spiro atoms. The van der Waals surface area contributed by atoms with Gasteiger partial charge in [-0.3, -0.25) is 0 Å². The largest absolute Gasteiger partial charge is 0.465 e. The predicted molar refractivity (Wildman–Crippen MR) is 98.8 cm³/mol. The zero-order valence-corrected chi connectivity index (χ0v) is 16.6. The van der Waals surface area contributed by atoms with Crippen molar-refractivity contribution in [3.63, 3.8) is 0 Å². The van der Waals surface area contributed by atoms with E-state index < -0.39 is 67.9 Å². The molecule has 2 aliphatic rings. The van der Waals surface area contributed by atoms with Crippen LogP contribution in [0.3, 0.4) is 0 Å². The third-order valence-electron chi connectivity index (χ3n) is 5.08. The third kappa shape index (κ3) is 5.14. The van der Waals surface area contributed by atoms with Crippen LogP contribution < -0.4 is 4.74 Å². The molecule has 9 atom stereocenters. The quantitative estimate of drug-likeness (QED) is 0.246. The molecule has 31 heavy (non-hydrogen) atoms. The van der Waals surface area contributed by atoms with E-state index in [1.807, 2.05) is 0 Å². The van der Waals surface area contributed by atoms with Gasteiger partial charge in [-0.1, -0.05) is 12.1 Å². The van der Waals surface area contributed by atoms with E-state index in [2.05, 4.69) is 4.74 Å². The minimum absolute atomic E-state index is 0.0183. The first kappa shape index (κ1) is 23.8. The summed E-state index contributed by atoms with van der Waals surface area (Å²) in [5.74, 6) is -0.671. The van der Waals surface area contributed by atoms with Gasteiger partial charge in [-0.2, -0.15) is 0 Å². The summed E-state index contributed by atoms with van der Waals surface area (Å²) in [6.45, 7) is -0.706. The second-order valence-electron chi connectivity index (χ2n) is 7.20. The van der Waals surface area contributed by atoms with Crippen LogP contribution in [-0.4, -0.2) is 112 Å². The number of rotatable bonds is 6. The van der Waals surface area contributed by atoms with Crippen molar-refractivity contribution >= 4 is 5.97 Å². The normalized spacial score (nSPS) is 38.5. The lowest BCUT2D eigenvalue weighted by Gasteiger charge is -2.41. The number of aliphatic hydroxyl groups is 6. The summed E-state index contributed by atoms with van der Waals surface area (Å²) >= 11 is 0. The monoisotopic (exact) mass is 446 g/mol. The van der Waals surface area contributed by atoms with Crippen molar-refractivity contribution in [1.29, 1.82) is 0 Å². The van der Waals surface area contributed by atoms with Gasteiger partial charge in [0.05, 0.1) is 20.3 Å². The number of benzene rings is 1. The van der Waals surface area contributed by atoms with Gasteiger partial charge in [0.15, 0.2) is 6.29 Å². The number of carbonyl (C=O) groups is 1. The van der Waals surface area contributed by atoms with Crippen molar-refractivity contribution < 1.29 is 59.1 Å². The topological polar surface area (TPSA) is 185 Å². The zero-order valence-electron chi connectivity index (χ0n) is 16.6. The van der Waals surface area contributed by atoms with Crippen molar-refractivity contribution in [3.8, 4) is 5.75 Å². The highest BCUT2D eigenvalue weighted by atomic mass is 16.7. The molecule has 2 saturated heterocycles. The Morgan fingerprint density at radius 1 is 0.968 bits per heavy atom. The molecule has 2 aliphatic heterocycles. The third-order valence-corrected chi connectivity index (χ3v) is 5.08.